The molecule has 0 bridgehead atoms. The number of hydrogen-bond donors (Lipinski definition) is 3. The van der Waals surface area contributed by atoms with Crippen molar-refractivity contribution in [3.63, 3.8) is 0 Å². The van der Waals surface area contributed by atoms with E-state index in [0.717, 1.165) is 25.9 Å². The number of carbonyl (C=O) groups excluding carboxylic acids is 1. The summed E-state index contributed by atoms with van der Waals surface area (Å²) in [6.07, 6.45) is 2.64. The minimum absolute atomic E-state index is 0.106. The smallest absolute Gasteiger partial charge is 0.305 e. The van der Waals surface area contributed by atoms with Gasteiger partial charge in [-0.1, -0.05) is 6.07 Å². The summed E-state index contributed by atoms with van der Waals surface area (Å²) < 4.78 is 56.0. The third kappa shape index (κ3) is 6.45. The number of nitrogens with one attached hydrogen (secondary N) is 2. The van der Waals surface area contributed by atoms with E-state index in [1.807, 2.05) is 0 Å². The molecule has 188 valence electrons. The van der Waals surface area contributed by atoms with Crippen LogP contribution in [-0.4, -0.2) is 49.9 Å². The number of rotatable bonds is 9. The van der Waals surface area contributed by atoms with Gasteiger partial charge in [-0.25, -0.2) is 8.42 Å². The van der Waals surface area contributed by atoms with E-state index in [1.54, 1.807) is 6.07 Å². The molecule has 1 aromatic heterocycles. The summed E-state index contributed by atoms with van der Waals surface area (Å²) in [5.74, 6) is -0.944. The van der Waals surface area contributed by atoms with E-state index in [1.165, 1.54) is 43.2 Å². The highest BCUT2D eigenvalue weighted by molar-refractivity contribution is 7.92. The molecule has 1 aromatic carbocycles. The van der Waals surface area contributed by atoms with Gasteiger partial charge in [-0.2, -0.15) is 13.8 Å². The second-order valence-electron chi connectivity index (χ2n) is 8.70. The molecule has 9 nitrogen and oxygen atoms in total. The van der Waals surface area contributed by atoms with Crippen LogP contribution in [0.4, 0.5) is 26.0 Å². The lowest BCUT2D eigenvalue weighted by molar-refractivity contribution is 0.102. The van der Waals surface area contributed by atoms with Crippen molar-refractivity contribution in [1.29, 1.82) is 0 Å². The van der Waals surface area contributed by atoms with Gasteiger partial charge in [0, 0.05) is 19.2 Å². The number of aliphatic hydroxyl groups excluding tert-OH is 1. The van der Waals surface area contributed by atoms with Gasteiger partial charge in [-0.3, -0.25) is 9.52 Å². The predicted octanol–water partition coefficient (Wildman–Crippen LogP) is 3.57. The topological polar surface area (TPSA) is 121 Å². The highest BCUT2D eigenvalue weighted by Crippen LogP contribution is 2.54. The average Bonchev–Trinajstić information content (AvgIpc) is 3.56. The predicted molar refractivity (Wildman–Crippen MR) is 127 cm³/mol. The number of ether oxygens (including phenoxy) is 1. The van der Waals surface area contributed by atoms with E-state index in [-0.39, 0.29) is 23.6 Å². The molecular formula is C23H26F2N4O5S. The van der Waals surface area contributed by atoms with E-state index >= 15 is 0 Å². The molecule has 3 N–H and O–H groups in total. The number of pyridine rings is 1. The minimum atomic E-state index is -3.74. The lowest BCUT2D eigenvalue weighted by Gasteiger charge is -2.35. The first-order chi connectivity index (χ1) is 16.7. The summed E-state index contributed by atoms with van der Waals surface area (Å²) in [6.45, 7) is 0.950. The van der Waals surface area contributed by atoms with E-state index in [0.29, 0.717) is 16.7 Å². The maximum Gasteiger partial charge on any atom is 0.305 e. The van der Waals surface area contributed by atoms with Crippen LogP contribution in [0, 0.1) is 5.41 Å². The Morgan fingerprint density at radius 1 is 1.17 bits per heavy atom. The van der Waals surface area contributed by atoms with Gasteiger partial charge < -0.3 is 20.1 Å². The molecule has 2 heterocycles. The molecule has 1 saturated heterocycles. The first-order valence-electron chi connectivity index (χ1n) is 11.2. The molecule has 0 radical (unpaired) electrons. The van der Waals surface area contributed by atoms with Gasteiger partial charge in [-0.15, -0.1) is 0 Å². The largest absolute Gasteiger partial charge is 0.441 e. The summed E-state index contributed by atoms with van der Waals surface area (Å²) >= 11 is 0. The Morgan fingerprint density at radius 2 is 1.91 bits per heavy atom. The third-order valence-corrected chi connectivity index (χ3v) is 7.50. The Hall–Kier alpha value is -3.25. The van der Waals surface area contributed by atoms with Crippen molar-refractivity contribution >= 4 is 33.1 Å². The summed E-state index contributed by atoms with van der Waals surface area (Å²) in [6, 6.07) is 8.97. The maximum atomic E-state index is 13.2. The van der Waals surface area contributed by atoms with Gasteiger partial charge in [0.2, 0.25) is 15.9 Å². The fourth-order valence-corrected chi connectivity index (χ4v) is 4.97. The SMILES string of the molecule is O=C(Nc1cccc(OC=C(F)F)n1)c1ccc(NS(=O)(=O)CCO)cc1N1CCC2(CC1)CC2. The van der Waals surface area contributed by atoms with Gasteiger partial charge >= 0.3 is 6.08 Å². The summed E-state index contributed by atoms with van der Waals surface area (Å²) in [5.41, 5.74) is 1.56. The summed E-state index contributed by atoms with van der Waals surface area (Å²) in [4.78, 5) is 19.2. The molecule has 2 aliphatic rings. The van der Waals surface area contributed by atoms with Crippen LogP contribution in [0.3, 0.4) is 0 Å². The van der Waals surface area contributed by atoms with Gasteiger partial charge in [-0.05, 0) is 55.4 Å². The number of carbonyl (C=O) groups is 1. The lowest BCUT2D eigenvalue weighted by Crippen LogP contribution is -2.35. The summed E-state index contributed by atoms with van der Waals surface area (Å²) in [5, 5.41) is 11.6. The number of amides is 1. The van der Waals surface area contributed by atoms with Crippen LogP contribution in [0.1, 0.15) is 36.0 Å². The van der Waals surface area contributed by atoms with Crippen LogP contribution in [0.25, 0.3) is 0 Å². The number of sulfonamides is 1. The Kier molecular flexibility index (Phi) is 7.22. The van der Waals surface area contributed by atoms with Crippen molar-refractivity contribution in [2.75, 3.05) is 40.4 Å². The number of benzene rings is 1. The van der Waals surface area contributed by atoms with Crippen LogP contribution in [-0.2, 0) is 10.0 Å². The molecule has 12 heteroatoms. The number of aromatic nitrogens is 1. The van der Waals surface area contributed by atoms with Crippen molar-refractivity contribution in [2.24, 2.45) is 5.41 Å². The second kappa shape index (κ2) is 10.2. The zero-order chi connectivity index (χ0) is 25.1. The standard InChI is InChI=1S/C23H26F2N4O5S/c24-19(25)15-34-21-3-1-2-20(26-21)27-22(31)17-5-4-16(28-35(32,33)13-12-30)14-18(17)29-10-8-23(6-7-23)9-11-29/h1-5,14-15,28,30H,6-13H2,(H,26,27,31). The van der Waals surface area contributed by atoms with Crippen LogP contribution < -0.4 is 19.7 Å². The summed E-state index contributed by atoms with van der Waals surface area (Å²) in [7, 11) is -3.74. The molecular weight excluding hydrogens is 482 g/mol. The van der Waals surface area contributed by atoms with E-state index < -0.39 is 34.4 Å². The Balaban J connectivity index is 1.58. The Labute approximate surface area is 201 Å². The second-order valence-corrected chi connectivity index (χ2v) is 10.5. The fourth-order valence-electron chi connectivity index (χ4n) is 4.14. The van der Waals surface area contributed by atoms with E-state index in [4.69, 9.17) is 9.84 Å². The fraction of sp³-hybridized carbons (Fsp3) is 0.391. The molecule has 1 spiro atoms. The monoisotopic (exact) mass is 508 g/mol. The number of anilines is 3. The van der Waals surface area contributed by atoms with Crippen molar-refractivity contribution < 1.29 is 31.8 Å². The number of halogens is 2. The first kappa shape index (κ1) is 24.9. The molecule has 2 fully saturated rings. The van der Waals surface area contributed by atoms with Crippen LogP contribution >= 0.6 is 0 Å². The molecule has 0 atom stereocenters. The van der Waals surface area contributed by atoms with Crippen molar-refractivity contribution in [3.8, 4) is 5.88 Å². The molecule has 1 amide bonds. The molecule has 1 aliphatic carbocycles. The Bertz CT molecular complexity index is 1220. The van der Waals surface area contributed by atoms with Crippen LogP contribution in [0.2, 0.25) is 0 Å². The number of nitrogens with zero attached hydrogens (tertiary/aromatic N) is 2. The van der Waals surface area contributed by atoms with Crippen molar-refractivity contribution in [2.45, 2.75) is 25.7 Å². The zero-order valence-electron chi connectivity index (χ0n) is 18.8. The maximum absolute atomic E-state index is 13.2. The quantitative estimate of drug-likeness (QED) is 0.443. The molecule has 35 heavy (non-hydrogen) atoms. The minimum Gasteiger partial charge on any atom is -0.441 e. The zero-order valence-corrected chi connectivity index (χ0v) is 19.7. The molecule has 4 rings (SSSR count). The molecule has 1 saturated carbocycles. The van der Waals surface area contributed by atoms with Crippen LogP contribution in [0.5, 0.6) is 5.88 Å². The van der Waals surface area contributed by atoms with Crippen LogP contribution in [0.15, 0.2) is 48.7 Å². The van der Waals surface area contributed by atoms with E-state index in [2.05, 4.69) is 19.9 Å². The van der Waals surface area contributed by atoms with Gasteiger partial charge in [0.1, 0.15) is 5.82 Å². The third-order valence-electron chi connectivity index (χ3n) is 6.23. The molecule has 2 aromatic rings. The van der Waals surface area contributed by atoms with Gasteiger partial charge in [0.05, 0.1) is 29.3 Å². The highest BCUT2D eigenvalue weighted by Gasteiger charge is 2.44. The highest BCUT2D eigenvalue weighted by atomic mass is 32.2. The molecule has 0 unspecified atom stereocenters. The Morgan fingerprint density at radius 3 is 2.57 bits per heavy atom. The van der Waals surface area contributed by atoms with E-state index in [9.17, 15) is 22.0 Å². The van der Waals surface area contributed by atoms with Crippen molar-refractivity contribution in [3.05, 3.63) is 54.3 Å². The lowest BCUT2D eigenvalue weighted by atomic mass is 9.93. The normalized spacial score (nSPS) is 16.5. The number of piperidine rings is 1. The van der Waals surface area contributed by atoms with Gasteiger partial charge in [0.25, 0.3) is 5.91 Å². The average molecular weight is 509 g/mol. The number of aliphatic hydroxyl groups is 1. The van der Waals surface area contributed by atoms with Gasteiger partial charge in [0.15, 0.2) is 6.26 Å². The first-order valence-corrected chi connectivity index (χ1v) is 12.8. The number of hydrogen-bond acceptors (Lipinski definition) is 7. The van der Waals surface area contributed by atoms with Crippen molar-refractivity contribution in [1.82, 2.24) is 4.98 Å². The molecule has 1 aliphatic heterocycles.